The fourth-order valence-corrected chi connectivity index (χ4v) is 2.84. The molecule has 3 N–H and O–H groups in total. The van der Waals surface area contributed by atoms with Crippen molar-refractivity contribution in [3.8, 4) is 0 Å². The van der Waals surface area contributed by atoms with E-state index >= 15 is 0 Å². The molecule has 0 spiro atoms. The van der Waals surface area contributed by atoms with Gasteiger partial charge < -0.3 is 11.1 Å². The van der Waals surface area contributed by atoms with Crippen molar-refractivity contribution in [2.45, 2.75) is 12.5 Å². The Morgan fingerprint density at radius 3 is 2.60 bits per heavy atom. The van der Waals surface area contributed by atoms with Crippen molar-refractivity contribution in [1.29, 1.82) is 0 Å². The van der Waals surface area contributed by atoms with Gasteiger partial charge in [-0.15, -0.1) is 0 Å². The van der Waals surface area contributed by atoms with Gasteiger partial charge in [0.05, 0.1) is 11.1 Å². The molecule has 3 rings (SSSR count). The second-order valence-electron chi connectivity index (χ2n) is 5.60. The Morgan fingerprint density at radius 1 is 1.08 bits per heavy atom. The Labute approximate surface area is 149 Å². The van der Waals surface area contributed by atoms with Gasteiger partial charge in [-0.05, 0) is 23.8 Å². The summed E-state index contributed by atoms with van der Waals surface area (Å²) in [7, 11) is 0. The molecular weight excluding hydrogens is 338 g/mol. The molecule has 0 saturated heterocycles. The number of amides is 2. The molecule has 0 fully saturated rings. The zero-order chi connectivity index (χ0) is 17.8. The summed E-state index contributed by atoms with van der Waals surface area (Å²) in [5.74, 6) is -1.03. The smallest absolute Gasteiger partial charge is 0.254 e. The summed E-state index contributed by atoms with van der Waals surface area (Å²) in [5, 5.41) is 4.06. The number of hydrogen-bond donors (Lipinski definition) is 2. The van der Waals surface area contributed by atoms with Crippen molar-refractivity contribution in [2.75, 3.05) is 0 Å². The second-order valence-corrected chi connectivity index (χ2v) is 6.01. The number of hydrogen-bond acceptors (Lipinski definition) is 3. The average molecular weight is 354 g/mol. The maximum absolute atomic E-state index is 12.7. The van der Waals surface area contributed by atoms with Crippen LogP contribution in [-0.4, -0.2) is 22.8 Å². The number of nitrogens with zero attached hydrogens (tertiary/aromatic N) is 1. The lowest BCUT2D eigenvalue weighted by Crippen LogP contribution is -2.46. The summed E-state index contributed by atoms with van der Waals surface area (Å²) < 4.78 is 0. The molecule has 0 aliphatic heterocycles. The number of nitrogens with two attached hydrogens (primary N) is 1. The fourth-order valence-electron chi connectivity index (χ4n) is 2.63. The van der Waals surface area contributed by atoms with E-state index in [1.54, 1.807) is 42.6 Å². The number of nitrogens with one attached hydrogen (secondary N) is 1. The zero-order valence-electron chi connectivity index (χ0n) is 13.3. The Kier molecular flexibility index (Phi) is 4.95. The number of halogens is 1. The summed E-state index contributed by atoms with van der Waals surface area (Å²) in [6, 6.07) is 15.2. The normalized spacial score (nSPS) is 11.9. The number of pyridine rings is 1. The van der Waals surface area contributed by atoms with E-state index in [4.69, 9.17) is 17.3 Å². The average Bonchev–Trinajstić information content (AvgIpc) is 2.62. The third-order valence-electron chi connectivity index (χ3n) is 3.91. The number of benzene rings is 2. The Balaban J connectivity index is 1.86. The quantitative estimate of drug-likeness (QED) is 0.739. The molecule has 1 aromatic heterocycles. The number of primary amides is 1. The molecular formula is C19H16ClN3O2. The van der Waals surface area contributed by atoms with Crippen LogP contribution in [0.2, 0.25) is 5.02 Å². The highest BCUT2D eigenvalue weighted by atomic mass is 35.5. The van der Waals surface area contributed by atoms with E-state index in [0.717, 1.165) is 10.9 Å². The third-order valence-corrected chi connectivity index (χ3v) is 4.28. The first-order valence-corrected chi connectivity index (χ1v) is 8.11. The second kappa shape index (κ2) is 7.32. The van der Waals surface area contributed by atoms with Crippen molar-refractivity contribution in [3.05, 3.63) is 76.9 Å². The van der Waals surface area contributed by atoms with E-state index in [9.17, 15) is 9.59 Å². The Bertz CT molecular complexity index is 937. The van der Waals surface area contributed by atoms with Gasteiger partial charge in [0.15, 0.2) is 0 Å². The first kappa shape index (κ1) is 16.9. The molecule has 3 aromatic rings. The van der Waals surface area contributed by atoms with Crippen LogP contribution >= 0.6 is 11.6 Å². The summed E-state index contributed by atoms with van der Waals surface area (Å²) in [4.78, 5) is 28.7. The number of carbonyl (C=O) groups excluding carboxylic acids is 2. The van der Waals surface area contributed by atoms with E-state index in [-0.39, 0.29) is 6.42 Å². The number of para-hydroxylation sites is 1. The van der Waals surface area contributed by atoms with Crippen molar-refractivity contribution < 1.29 is 9.59 Å². The molecule has 0 aliphatic rings. The molecule has 1 atom stereocenters. The minimum Gasteiger partial charge on any atom is -0.368 e. The monoisotopic (exact) mass is 353 g/mol. The van der Waals surface area contributed by atoms with E-state index < -0.39 is 17.9 Å². The molecule has 2 amide bonds. The lowest BCUT2D eigenvalue weighted by Gasteiger charge is -2.17. The van der Waals surface area contributed by atoms with Crippen LogP contribution in [0.3, 0.4) is 0 Å². The molecule has 0 aliphatic carbocycles. The van der Waals surface area contributed by atoms with Crippen LogP contribution in [0.4, 0.5) is 0 Å². The topological polar surface area (TPSA) is 85.1 Å². The van der Waals surface area contributed by atoms with Gasteiger partial charge in [0.2, 0.25) is 5.91 Å². The van der Waals surface area contributed by atoms with Crippen LogP contribution in [0.1, 0.15) is 15.9 Å². The highest BCUT2D eigenvalue weighted by Crippen LogP contribution is 2.18. The maximum atomic E-state index is 12.7. The van der Waals surface area contributed by atoms with Crippen LogP contribution < -0.4 is 11.1 Å². The molecule has 0 unspecified atom stereocenters. The maximum Gasteiger partial charge on any atom is 0.254 e. The minimum atomic E-state index is -0.869. The van der Waals surface area contributed by atoms with Crippen LogP contribution in [0.15, 0.2) is 60.8 Å². The van der Waals surface area contributed by atoms with Crippen LogP contribution in [0.5, 0.6) is 0 Å². The van der Waals surface area contributed by atoms with Gasteiger partial charge >= 0.3 is 0 Å². The molecule has 25 heavy (non-hydrogen) atoms. The number of carbonyl (C=O) groups is 2. The van der Waals surface area contributed by atoms with Crippen LogP contribution in [0.25, 0.3) is 10.9 Å². The van der Waals surface area contributed by atoms with E-state index in [1.165, 1.54) is 0 Å². The predicted octanol–water partition coefficient (Wildman–Crippen LogP) is 2.71. The summed E-state index contributed by atoms with van der Waals surface area (Å²) in [6.45, 7) is 0. The number of fused-ring (bicyclic) bond motifs is 1. The Hall–Kier alpha value is -2.92. The largest absolute Gasteiger partial charge is 0.368 e. The summed E-state index contributed by atoms with van der Waals surface area (Å²) in [5.41, 5.74) is 7.17. The molecule has 5 nitrogen and oxygen atoms in total. The fraction of sp³-hybridized carbons (Fsp3) is 0.105. The first-order chi connectivity index (χ1) is 12.1. The minimum absolute atomic E-state index is 0.221. The lowest BCUT2D eigenvalue weighted by atomic mass is 10.0. The highest BCUT2D eigenvalue weighted by Gasteiger charge is 2.21. The van der Waals surface area contributed by atoms with Gasteiger partial charge in [0.1, 0.15) is 6.04 Å². The van der Waals surface area contributed by atoms with Gasteiger partial charge in [-0.1, -0.05) is 48.0 Å². The van der Waals surface area contributed by atoms with Crippen molar-refractivity contribution in [3.63, 3.8) is 0 Å². The predicted molar refractivity (Wildman–Crippen MR) is 97.3 cm³/mol. The van der Waals surface area contributed by atoms with E-state index in [1.807, 2.05) is 18.2 Å². The van der Waals surface area contributed by atoms with E-state index in [0.29, 0.717) is 16.1 Å². The standard InChI is InChI=1S/C19H16ClN3O2/c20-15-9-2-1-5-13(15)11-16(18(21)24)23-19(25)14-8-3-6-12-7-4-10-22-17(12)14/h1-10,16H,11H2,(H2,21,24)(H,23,25)/t16-/m1/s1. The number of rotatable bonds is 5. The van der Waals surface area contributed by atoms with Crippen LogP contribution in [0, 0.1) is 0 Å². The van der Waals surface area contributed by atoms with Gasteiger partial charge in [-0.25, -0.2) is 0 Å². The molecule has 0 bridgehead atoms. The molecule has 2 aromatic carbocycles. The van der Waals surface area contributed by atoms with Crippen molar-refractivity contribution in [1.82, 2.24) is 10.3 Å². The molecule has 126 valence electrons. The molecule has 1 heterocycles. The molecule has 0 radical (unpaired) electrons. The van der Waals surface area contributed by atoms with Crippen LogP contribution in [-0.2, 0) is 11.2 Å². The van der Waals surface area contributed by atoms with Gasteiger partial charge in [-0.3, -0.25) is 14.6 Å². The SMILES string of the molecule is NC(=O)[C@@H](Cc1ccccc1Cl)NC(=O)c1cccc2cccnc12. The summed E-state index contributed by atoms with van der Waals surface area (Å²) in [6.07, 6.45) is 1.84. The first-order valence-electron chi connectivity index (χ1n) is 7.73. The van der Waals surface area contributed by atoms with Crippen molar-refractivity contribution in [2.24, 2.45) is 5.73 Å². The lowest BCUT2D eigenvalue weighted by molar-refractivity contribution is -0.119. The van der Waals surface area contributed by atoms with E-state index in [2.05, 4.69) is 10.3 Å². The van der Waals surface area contributed by atoms with Gasteiger partial charge in [0, 0.05) is 23.0 Å². The van der Waals surface area contributed by atoms with Gasteiger partial charge in [0.25, 0.3) is 5.91 Å². The summed E-state index contributed by atoms with van der Waals surface area (Å²) >= 11 is 6.13. The number of aromatic nitrogens is 1. The van der Waals surface area contributed by atoms with Gasteiger partial charge in [-0.2, -0.15) is 0 Å². The van der Waals surface area contributed by atoms with Crippen molar-refractivity contribution >= 4 is 34.3 Å². The highest BCUT2D eigenvalue weighted by molar-refractivity contribution is 6.31. The zero-order valence-corrected chi connectivity index (χ0v) is 14.0. The Morgan fingerprint density at radius 2 is 1.84 bits per heavy atom. The third kappa shape index (κ3) is 3.78. The molecule has 0 saturated carbocycles. The molecule has 6 heteroatoms.